The molecule has 1 N–H and O–H groups in total. The fourth-order valence-corrected chi connectivity index (χ4v) is 2.79. The highest BCUT2D eigenvalue weighted by Crippen LogP contribution is 2.26. The molecule has 102 valence electrons. The van der Waals surface area contributed by atoms with Crippen LogP contribution < -0.4 is 5.32 Å². The van der Waals surface area contributed by atoms with Gasteiger partial charge in [0, 0.05) is 18.5 Å². The quantitative estimate of drug-likeness (QED) is 0.822. The topological polar surface area (TPSA) is 37.8 Å². The van der Waals surface area contributed by atoms with Crippen molar-refractivity contribution in [2.24, 2.45) is 5.92 Å². The third-order valence-corrected chi connectivity index (χ3v) is 3.93. The zero-order valence-corrected chi connectivity index (χ0v) is 12.6. The van der Waals surface area contributed by atoms with Crippen molar-refractivity contribution in [2.75, 3.05) is 13.1 Å². The van der Waals surface area contributed by atoms with E-state index in [1.807, 2.05) is 6.07 Å². The molecule has 0 fully saturated rings. The van der Waals surface area contributed by atoms with Crippen LogP contribution >= 0.6 is 11.3 Å². The summed E-state index contributed by atoms with van der Waals surface area (Å²) >= 11 is 1.70. The third-order valence-electron chi connectivity index (χ3n) is 2.91. The minimum absolute atomic E-state index is 0.692. The summed E-state index contributed by atoms with van der Waals surface area (Å²) in [7, 11) is 0. The summed E-state index contributed by atoms with van der Waals surface area (Å²) < 4.78 is 0. The Hall–Kier alpha value is -1.26. The Labute approximate surface area is 119 Å². The molecule has 0 spiro atoms. The Morgan fingerprint density at radius 1 is 1.21 bits per heavy atom. The molecule has 1 aromatic carbocycles. The van der Waals surface area contributed by atoms with E-state index >= 15 is 0 Å². The predicted octanol–water partition coefficient (Wildman–Crippen LogP) is 3.30. The maximum absolute atomic E-state index is 4.30. The molecular weight excluding hydrogens is 254 g/mol. The molecule has 0 saturated carbocycles. The molecule has 19 heavy (non-hydrogen) atoms. The molecule has 0 atom stereocenters. The molecule has 0 radical (unpaired) electrons. The van der Waals surface area contributed by atoms with Crippen LogP contribution in [0.15, 0.2) is 24.3 Å². The zero-order valence-electron chi connectivity index (χ0n) is 11.8. The standard InChI is InChI=1S/C15H21N3S/c1-11(2)10-16-9-8-14-17-18-15(19-14)13-7-5-4-6-12(13)3/h4-7,11,16H,8-10H2,1-3H3. The maximum Gasteiger partial charge on any atom is 0.148 e. The fourth-order valence-electron chi connectivity index (χ4n) is 1.86. The molecule has 0 saturated heterocycles. The highest BCUT2D eigenvalue weighted by molar-refractivity contribution is 7.14. The van der Waals surface area contributed by atoms with E-state index in [2.05, 4.69) is 54.5 Å². The van der Waals surface area contributed by atoms with E-state index in [0.29, 0.717) is 5.92 Å². The van der Waals surface area contributed by atoms with Gasteiger partial charge in [0.2, 0.25) is 0 Å². The molecule has 4 heteroatoms. The van der Waals surface area contributed by atoms with Crippen LogP contribution in [-0.4, -0.2) is 23.3 Å². The average Bonchev–Trinajstić information content (AvgIpc) is 2.83. The first-order chi connectivity index (χ1) is 9.16. The van der Waals surface area contributed by atoms with Crippen molar-refractivity contribution >= 4 is 11.3 Å². The Kier molecular flexibility index (Phi) is 5.05. The average molecular weight is 275 g/mol. The summed E-state index contributed by atoms with van der Waals surface area (Å²) in [5, 5.41) is 14.1. The van der Waals surface area contributed by atoms with Crippen molar-refractivity contribution in [1.82, 2.24) is 15.5 Å². The number of hydrogen-bond donors (Lipinski definition) is 1. The maximum atomic E-state index is 4.30. The lowest BCUT2D eigenvalue weighted by atomic mass is 10.1. The molecule has 2 rings (SSSR count). The summed E-state index contributed by atoms with van der Waals surface area (Å²) in [6.07, 6.45) is 0.955. The van der Waals surface area contributed by atoms with Gasteiger partial charge in [-0.3, -0.25) is 0 Å². The highest BCUT2D eigenvalue weighted by atomic mass is 32.1. The molecule has 0 aliphatic heterocycles. The first-order valence-electron chi connectivity index (χ1n) is 6.76. The van der Waals surface area contributed by atoms with Crippen LogP contribution in [0.4, 0.5) is 0 Å². The minimum atomic E-state index is 0.692. The van der Waals surface area contributed by atoms with E-state index in [9.17, 15) is 0 Å². The van der Waals surface area contributed by atoms with E-state index < -0.39 is 0 Å². The van der Waals surface area contributed by atoms with E-state index in [1.165, 1.54) is 11.1 Å². The summed E-state index contributed by atoms with van der Waals surface area (Å²) in [6, 6.07) is 8.32. The largest absolute Gasteiger partial charge is 0.316 e. The van der Waals surface area contributed by atoms with Crippen molar-refractivity contribution in [1.29, 1.82) is 0 Å². The van der Waals surface area contributed by atoms with Crippen molar-refractivity contribution in [3.63, 3.8) is 0 Å². The van der Waals surface area contributed by atoms with E-state index in [1.54, 1.807) is 11.3 Å². The summed E-state index contributed by atoms with van der Waals surface area (Å²) in [5.74, 6) is 0.692. The first-order valence-corrected chi connectivity index (χ1v) is 7.57. The summed E-state index contributed by atoms with van der Waals surface area (Å²) in [4.78, 5) is 0. The molecular formula is C15H21N3S. The van der Waals surface area contributed by atoms with E-state index in [0.717, 1.165) is 29.5 Å². The van der Waals surface area contributed by atoms with Gasteiger partial charge in [-0.2, -0.15) is 0 Å². The van der Waals surface area contributed by atoms with Crippen LogP contribution in [0.1, 0.15) is 24.4 Å². The van der Waals surface area contributed by atoms with Gasteiger partial charge < -0.3 is 5.32 Å². The Morgan fingerprint density at radius 2 is 2.00 bits per heavy atom. The van der Waals surface area contributed by atoms with Gasteiger partial charge in [-0.1, -0.05) is 49.4 Å². The summed E-state index contributed by atoms with van der Waals surface area (Å²) in [5.41, 5.74) is 2.45. The van der Waals surface area contributed by atoms with Gasteiger partial charge in [0.25, 0.3) is 0 Å². The Balaban J connectivity index is 1.94. The van der Waals surface area contributed by atoms with Gasteiger partial charge in [0.15, 0.2) is 0 Å². The molecule has 0 aliphatic rings. The van der Waals surface area contributed by atoms with Crippen LogP contribution in [-0.2, 0) is 6.42 Å². The molecule has 0 bridgehead atoms. The highest BCUT2D eigenvalue weighted by Gasteiger charge is 2.08. The molecule has 1 heterocycles. The molecule has 0 amide bonds. The third kappa shape index (κ3) is 4.11. The second kappa shape index (κ2) is 6.78. The van der Waals surface area contributed by atoms with Crippen LogP contribution in [0.25, 0.3) is 10.6 Å². The lowest BCUT2D eigenvalue weighted by Gasteiger charge is -2.05. The lowest BCUT2D eigenvalue weighted by Crippen LogP contribution is -2.22. The van der Waals surface area contributed by atoms with Gasteiger partial charge in [0.1, 0.15) is 10.0 Å². The number of benzene rings is 1. The van der Waals surface area contributed by atoms with E-state index in [4.69, 9.17) is 0 Å². The SMILES string of the molecule is Cc1ccccc1-c1nnc(CCNCC(C)C)s1. The predicted molar refractivity (Wildman–Crippen MR) is 81.5 cm³/mol. The monoisotopic (exact) mass is 275 g/mol. The normalized spacial score (nSPS) is 11.2. The van der Waals surface area contributed by atoms with Crippen LogP contribution in [0, 0.1) is 12.8 Å². The van der Waals surface area contributed by atoms with Crippen molar-refractivity contribution in [3.05, 3.63) is 34.8 Å². The van der Waals surface area contributed by atoms with Crippen molar-refractivity contribution in [3.8, 4) is 10.6 Å². The van der Waals surface area contributed by atoms with Crippen molar-refractivity contribution in [2.45, 2.75) is 27.2 Å². The smallest absolute Gasteiger partial charge is 0.148 e. The van der Waals surface area contributed by atoms with Gasteiger partial charge in [-0.15, -0.1) is 10.2 Å². The zero-order chi connectivity index (χ0) is 13.7. The Morgan fingerprint density at radius 3 is 2.74 bits per heavy atom. The summed E-state index contributed by atoms with van der Waals surface area (Å²) in [6.45, 7) is 8.58. The Bertz CT molecular complexity index is 520. The number of hydrogen-bond acceptors (Lipinski definition) is 4. The van der Waals surface area contributed by atoms with Crippen molar-refractivity contribution < 1.29 is 0 Å². The van der Waals surface area contributed by atoms with Crippen LogP contribution in [0.2, 0.25) is 0 Å². The second-order valence-electron chi connectivity index (χ2n) is 5.16. The molecule has 3 nitrogen and oxygen atoms in total. The number of aromatic nitrogens is 2. The van der Waals surface area contributed by atoms with Gasteiger partial charge >= 0.3 is 0 Å². The van der Waals surface area contributed by atoms with Gasteiger partial charge in [-0.25, -0.2) is 0 Å². The minimum Gasteiger partial charge on any atom is -0.316 e. The molecule has 2 aromatic rings. The van der Waals surface area contributed by atoms with Gasteiger partial charge in [-0.05, 0) is 24.9 Å². The van der Waals surface area contributed by atoms with Crippen LogP contribution in [0.5, 0.6) is 0 Å². The second-order valence-corrected chi connectivity index (χ2v) is 6.23. The molecule has 0 unspecified atom stereocenters. The van der Waals surface area contributed by atoms with E-state index in [-0.39, 0.29) is 0 Å². The molecule has 1 aromatic heterocycles. The number of nitrogens with zero attached hydrogens (tertiary/aromatic N) is 2. The number of aryl methyl sites for hydroxylation is 1. The first kappa shape index (κ1) is 14.2. The fraction of sp³-hybridized carbons (Fsp3) is 0.467. The lowest BCUT2D eigenvalue weighted by molar-refractivity contribution is 0.553. The number of rotatable bonds is 6. The van der Waals surface area contributed by atoms with Crippen LogP contribution in [0.3, 0.4) is 0 Å². The number of nitrogens with one attached hydrogen (secondary N) is 1. The molecule has 0 aliphatic carbocycles. The van der Waals surface area contributed by atoms with Gasteiger partial charge in [0.05, 0.1) is 0 Å².